The van der Waals surface area contributed by atoms with E-state index in [2.05, 4.69) is 4.98 Å². The highest BCUT2D eigenvalue weighted by Crippen LogP contribution is 2.26. The number of carboxylic acids is 1. The summed E-state index contributed by atoms with van der Waals surface area (Å²) in [6.45, 7) is 0.560. The van der Waals surface area contributed by atoms with Gasteiger partial charge in [-0.1, -0.05) is 0 Å². The molecule has 130 valence electrons. The van der Waals surface area contributed by atoms with Crippen molar-refractivity contribution in [1.82, 2.24) is 14.5 Å². The van der Waals surface area contributed by atoms with Crippen LogP contribution in [0.25, 0.3) is 5.69 Å². The number of amides is 1. The number of hydrogen-bond donors (Lipinski definition) is 1. The first-order valence-electron chi connectivity index (χ1n) is 7.76. The highest BCUT2D eigenvalue weighted by atomic mass is 16.6. The SMILES string of the molecule is O=C(O)[C@H]1CCCN(C(=O)c2ccc(-n3ccnc3)c([N+](=O)[O-])c2)C1. The van der Waals surface area contributed by atoms with Crippen LogP contribution in [-0.2, 0) is 4.79 Å². The third-order valence-corrected chi connectivity index (χ3v) is 4.26. The highest BCUT2D eigenvalue weighted by molar-refractivity contribution is 5.95. The van der Waals surface area contributed by atoms with Crippen molar-refractivity contribution in [1.29, 1.82) is 0 Å². The number of piperidine rings is 1. The van der Waals surface area contributed by atoms with Crippen molar-refractivity contribution in [2.75, 3.05) is 13.1 Å². The number of carboxylic acid groups (broad SMARTS) is 1. The summed E-state index contributed by atoms with van der Waals surface area (Å²) in [6, 6.07) is 4.22. The van der Waals surface area contributed by atoms with Gasteiger partial charge in [-0.15, -0.1) is 0 Å². The van der Waals surface area contributed by atoms with Crippen molar-refractivity contribution < 1.29 is 19.6 Å². The Morgan fingerprint density at radius 2 is 2.16 bits per heavy atom. The molecule has 1 aliphatic rings. The molecular weight excluding hydrogens is 328 g/mol. The Kier molecular flexibility index (Phi) is 4.46. The number of rotatable bonds is 4. The zero-order chi connectivity index (χ0) is 18.0. The maximum absolute atomic E-state index is 12.6. The molecule has 0 aliphatic carbocycles. The smallest absolute Gasteiger partial charge is 0.308 e. The van der Waals surface area contributed by atoms with Crippen LogP contribution >= 0.6 is 0 Å². The van der Waals surface area contributed by atoms with Gasteiger partial charge >= 0.3 is 5.97 Å². The third-order valence-electron chi connectivity index (χ3n) is 4.26. The topological polar surface area (TPSA) is 119 Å². The van der Waals surface area contributed by atoms with Crippen molar-refractivity contribution in [3.05, 3.63) is 52.6 Å². The minimum Gasteiger partial charge on any atom is -0.481 e. The highest BCUT2D eigenvalue weighted by Gasteiger charge is 2.29. The second kappa shape index (κ2) is 6.71. The minimum atomic E-state index is -0.932. The number of nitro groups is 1. The molecule has 0 spiro atoms. The third kappa shape index (κ3) is 3.35. The van der Waals surface area contributed by atoms with Gasteiger partial charge in [0, 0.05) is 37.1 Å². The first kappa shape index (κ1) is 16.6. The van der Waals surface area contributed by atoms with Gasteiger partial charge in [0.25, 0.3) is 11.6 Å². The maximum Gasteiger partial charge on any atom is 0.308 e. The molecule has 2 heterocycles. The summed E-state index contributed by atoms with van der Waals surface area (Å²) in [6.07, 6.45) is 5.64. The summed E-state index contributed by atoms with van der Waals surface area (Å²) in [5.74, 6) is -1.93. The van der Waals surface area contributed by atoms with E-state index in [1.54, 1.807) is 6.20 Å². The van der Waals surface area contributed by atoms with Crippen molar-refractivity contribution in [3.63, 3.8) is 0 Å². The van der Waals surface area contributed by atoms with E-state index in [1.165, 1.54) is 40.2 Å². The number of benzene rings is 1. The van der Waals surface area contributed by atoms with Crippen LogP contribution in [0, 0.1) is 16.0 Å². The van der Waals surface area contributed by atoms with Crippen molar-refractivity contribution in [3.8, 4) is 5.69 Å². The number of nitrogens with zero attached hydrogens (tertiary/aromatic N) is 4. The Morgan fingerprint density at radius 3 is 2.80 bits per heavy atom. The van der Waals surface area contributed by atoms with Crippen LogP contribution in [0.15, 0.2) is 36.9 Å². The Bertz CT molecular complexity index is 818. The summed E-state index contributed by atoms with van der Waals surface area (Å²) < 4.78 is 1.49. The first-order chi connectivity index (χ1) is 12.0. The number of carbonyl (C=O) groups is 2. The molecule has 0 unspecified atom stereocenters. The van der Waals surface area contributed by atoms with E-state index in [0.717, 1.165) is 0 Å². The Hall–Kier alpha value is -3.23. The van der Waals surface area contributed by atoms with Crippen LogP contribution in [0.4, 0.5) is 5.69 Å². The molecule has 0 saturated carbocycles. The van der Waals surface area contributed by atoms with E-state index in [9.17, 15) is 19.7 Å². The van der Waals surface area contributed by atoms with E-state index in [1.807, 2.05) is 0 Å². The Morgan fingerprint density at radius 1 is 1.36 bits per heavy atom. The molecule has 1 N–H and O–H groups in total. The zero-order valence-electron chi connectivity index (χ0n) is 13.2. The summed E-state index contributed by atoms with van der Waals surface area (Å²) in [7, 11) is 0. The lowest BCUT2D eigenvalue weighted by atomic mass is 9.97. The van der Waals surface area contributed by atoms with Crippen LogP contribution in [0.2, 0.25) is 0 Å². The molecule has 3 rings (SSSR count). The predicted octanol–water partition coefficient (Wildman–Crippen LogP) is 1.72. The quantitative estimate of drug-likeness (QED) is 0.666. The normalized spacial score (nSPS) is 17.3. The molecule has 1 atom stereocenters. The molecule has 1 saturated heterocycles. The summed E-state index contributed by atoms with van der Waals surface area (Å²) in [4.78, 5) is 39.9. The summed E-state index contributed by atoms with van der Waals surface area (Å²) in [5, 5.41) is 20.5. The number of carbonyl (C=O) groups excluding carboxylic acids is 1. The fourth-order valence-electron chi connectivity index (χ4n) is 2.97. The number of nitro benzene ring substituents is 1. The zero-order valence-corrected chi connectivity index (χ0v) is 13.2. The molecule has 1 aromatic carbocycles. The van der Waals surface area contributed by atoms with Gasteiger partial charge in [0.2, 0.25) is 0 Å². The minimum absolute atomic E-state index is 0.116. The van der Waals surface area contributed by atoms with E-state index < -0.39 is 22.7 Å². The molecule has 25 heavy (non-hydrogen) atoms. The largest absolute Gasteiger partial charge is 0.481 e. The summed E-state index contributed by atoms with van der Waals surface area (Å²) >= 11 is 0. The second-order valence-electron chi connectivity index (χ2n) is 5.86. The van der Waals surface area contributed by atoms with Crippen molar-refractivity contribution in [2.24, 2.45) is 5.92 Å². The first-order valence-corrected chi connectivity index (χ1v) is 7.76. The van der Waals surface area contributed by atoms with Crippen LogP contribution < -0.4 is 0 Å². The number of imidazole rings is 1. The molecule has 1 aromatic heterocycles. The summed E-state index contributed by atoms with van der Waals surface area (Å²) in [5.41, 5.74) is 0.262. The maximum atomic E-state index is 12.6. The van der Waals surface area contributed by atoms with Crippen LogP contribution in [0.1, 0.15) is 23.2 Å². The fraction of sp³-hybridized carbons (Fsp3) is 0.312. The van der Waals surface area contributed by atoms with E-state index >= 15 is 0 Å². The number of hydrogen-bond acceptors (Lipinski definition) is 5. The fourth-order valence-corrected chi connectivity index (χ4v) is 2.97. The number of aliphatic carboxylic acids is 1. The number of aromatic nitrogens is 2. The van der Waals surface area contributed by atoms with E-state index in [0.29, 0.717) is 25.1 Å². The van der Waals surface area contributed by atoms with Gasteiger partial charge in [-0.2, -0.15) is 0 Å². The van der Waals surface area contributed by atoms with Gasteiger partial charge in [-0.25, -0.2) is 4.98 Å². The van der Waals surface area contributed by atoms with Crippen LogP contribution in [-0.4, -0.2) is 49.4 Å². The molecule has 0 bridgehead atoms. The average Bonchev–Trinajstić information content (AvgIpc) is 3.15. The van der Waals surface area contributed by atoms with Crippen LogP contribution in [0.3, 0.4) is 0 Å². The lowest BCUT2D eigenvalue weighted by Gasteiger charge is -2.30. The predicted molar refractivity (Wildman–Crippen MR) is 86.5 cm³/mol. The molecule has 2 aromatic rings. The Balaban J connectivity index is 1.90. The molecule has 0 radical (unpaired) electrons. The van der Waals surface area contributed by atoms with Gasteiger partial charge in [0.05, 0.1) is 17.2 Å². The standard InChI is InChI=1S/C16H16N4O5/c21-15(18-6-1-2-12(9-18)16(22)23)11-3-4-13(14(8-11)20(24)25)19-7-5-17-10-19/h3-5,7-8,10,12H,1-2,6,9H2,(H,22,23)/t12-/m0/s1. The van der Waals surface area contributed by atoms with Gasteiger partial charge < -0.3 is 14.6 Å². The molecule has 1 fully saturated rings. The lowest BCUT2D eigenvalue weighted by molar-refractivity contribution is -0.384. The van der Waals surface area contributed by atoms with Crippen molar-refractivity contribution >= 4 is 17.6 Å². The lowest BCUT2D eigenvalue weighted by Crippen LogP contribution is -2.42. The van der Waals surface area contributed by atoms with Gasteiger partial charge in [0.15, 0.2) is 0 Å². The number of likely N-dealkylation sites (tertiary alicyclic amines) is 1. The molecule has 1 amide bonds. The second-order valence-corrected chi connectivity index (χ2v) is 5.86. The van der Waals surface area contributed by atoms with Crippen LogP contribution in [0.5, 0.6) is 0 Å². The average molecular weight is 344 g/mol. The van der Waals surface area contributed by atoms with Crippen molar-refractivity contribution in [2.45, 2.75) is 12.8 Å². The molecular formula is C16H16N4O5. The monoisotopic (exact) mass is 344 g/mol. The molecule has 9 heteroatoms. The molecule has 1 aliphatic heterocycles. The Labute approximate surface area is 142 Å². The molecule has 9 nitrogen and oxygen atoms in total. The van der Waals surface area contributed by atoms with E-state index in [4.69, 9.17) is 5.11 Å². The van der Waals surface area contributed by atoms with E-state index in [-0.39, 0.29) is 17.8 Å². The van der Waals surface area contributed by atoms with Gasteiger partial charge in [0.1, 0.15) is 5.69 Å². The van der Waals surface area contributed by atoms with Gasteiger partial charge in [-0.3, -0.25) is 19.7 Å². The van der Waals surface area contributed by atoms with Gasteiger partial charge in [-0.05, 0) is 25.0 Å².